The zero-order valence-corrected chi connectivity index (χ0v) is 15.0. The molecule has 1 amide bonds. The number of hydrogen-bond donors (Lipinski definition) is 0. The molecule has 0 radical (unpaired) electrons. The maximum atomic E-state index is 12.7. The Hall–Kier alpha value is -1.72. The molecule has 124 valence electrons. The lowest BCUT2D eigenvalue weighted by Crippen LogP contribution is -2.36. The van der Waals surface area contributed by atoms with Crippen molar-refractivity contribution < 1.29 is 4.79 Å². The average Bonchev–Trinajstić information content (AvgIpc) is 2.95. The molecule has 0 saturated carbocycles. The lowest BCUT2D eigenvalue weighted by Gasteiger charge is -2.24. The molecule has 0 aliphatic heterocycles. The number of likely N-dealkylation sites (N-methyl/N-ethyl adjacent to an activating group) is 1. The summed E-state index contributed by atoms with van der Waals surface area (Å²) in [6.45, 7) is 4.46. The van der Waals surface area contributed by atoms with Gasteiger partial charge in [0.25, 0.3) is 0 Å². The Kier molecular flexibility index (Phi) is 6.74. The third kappa shape index (κ3) is 5.77. The fourth-order valence-corrected chi connectivity index (χ4v) is 3.23. The molecule has 0 spiro atoms. The van der Waals surface area contributed by atoms with Crippen LogP contribution in [0.25, 0.3) is 0 Å². The van der Waals surface area contributed by atoms with Crippen molar-refractivity contribution in [1.29, 1.82) is 0 Å². The highest BCUT2D eigenvalue weighted by Gasteiger charge is 2.16. The van der Waals surface area contributed by atoms with Crippen molar-refractivity contribution in [2.45, 2.75) is 26.3 Å². The van der Waals surface area contributed by atoms with Gasteiger partial charge in [-0.05, 0) is 56.1 Å². The number of aryl methyl sites for hydroxylation is 2. The Morgan fingerprint density at radius 1 is 1.26 bits per heavy atom. The summed E-state index contributed by atoms with van der Waals surface area (Å²) in [6, 6.07) is 6.05. The molecule has 0 aliphatic rings. The minimum absolute atomic E-state index is 0.212. The molecule has 0 aromatic carbocycles. The second-order valence-corrected chi connectivity index (χ2v) is 7.01. The number of carbonyl (C=O) groups excluding carboxylic acids is 1. The van der Waals surface area contributed by atoms with Gasteiger partial charge >= 0.3 is 0 Å². The van der Waals surface area contributed by atoms with Gasteiger partial charge in [-0.15, -0.1) is 11.3 Å². The summed E-state index contributed by atoms with van der Waals surface area (Å²) in [5.74, 6) is 0.212. The zero-order valence-electron chi connectivity index (χ0n) is 14.2. The van der Waals surface area contributed by atoms with Crippen molar-refractivity contribution in [1.82, 2.24) is 14.8 Å². The number of hydrogen-bond acceptors (Lipinski definition) is 4. The van der Waals surface area contributed by atoms with Gasteiger partial charge in [-0.3, -0.25) is 9.78 Å². The van der Waals surface area contributed by atoms with E-state index in [1.54, 1.807) is 17.5 Å². The lowest BCUT2D eigenvalue weighted by molar-refractivity contribution is -0.131. The average molecular weight is 331 g/mol. The Bertz CT molecular complexity index is 610. The number of amides is 1. The lowest BCUT2D eigenvalue weighted by atomic mass is 10.1. The van der Waals surface area contributed by atoms with Crippen molar-refractivity contribution in [3.05, 3.63) is 52.0 Å². The maximum absolute atomic E-state index is 12.7. The van der Waals surface area contributed by atoms with Gasteiger partial charge in [0.2, 0.25) is 5.91 Å². The van der Waals surface area contributed by atoms with Crippen molar-refractivity contribution in [3.63, 3.8) is 0 Å². The molecule has 0 atom stereocenters. The molecule has 5 heteroatoms. The van der Waals surface area contributed by atoms with Crippen LogP contribution in [0.2, 0.25) is 0 Å². The number of nitrogens with zero attached hydrogens (tertiary/aromatic N) is 3. The SMILES string of the molecule is Cc1ccsc1CN(CCN(C)C)C(=O)CCc1cccnc1. The summed E-state index contributed by atoms with van der Waals surface area (Å²) in [4.78, 5) is 22.1. The molecular formula is C18H25N3OS. The molecule has 0 aliphatic carbocycles. The molecule has 2 heterocycles. The maximum Gasteiger partial charge on any atom is 0.223 e. The van der Waals surface area contributed by atoms with Crippen molar-refractivity contribution >= 4 is 17.2 Å². The Morgan fingerprint density at radius 3 is 2.70 bits per heavy atom. The Morgan fingerprint density at radius 2 is 2.09 bits per heavy atom. The minimum Gasteiger partial charge on any atom is -0.336 e. The van der Waals surface area contributed by atoms with E-state index in [0.29, 0.717) is 13.0 Å². The van der Waals surface area contributed by atoms with E-state index in [2.05, 4.69) is 28.3 Å². The first-order chi connectivity index (χ1) is 11.1. The summed E-state index contributed by atoms with van der Waals surface area (Å²) in [7, 11) is 4.07. The summed E-state index contributed by atoms with van der Waals surface area (Å²) < 4.78 is 0. The topological polar surface area (TPSA) is 36.4 Å². The van der Waals surface area contributed by atoms with Gasteiger partial charge in [0.05, 0.1) is 6.54 Å². The molecule has 0 fully saturated rings. The summed E-state index contributed by atoms with van der Waals surface area (Å²) in [5, 5.41) is 2.09. The van der Waals surface area contributed by atoms with Crippen LogP contribution in [0.15, 0.2) is 36.0 Å². The van der Waals surface area contributed by atoms with Crippen molar-refractivity contribution in [3.8, 4) is 0 Å². The highest BCUT2D eigenvalue weighted by atomic mass is 32.1. The van der Waals surface area contributed by atoms with E-state index in [1.165, 1.54) is 10.4 Å². The summed E-state index contributed by atoms with van der Waals surface area (Å²) in [6.07, 6.45) is 4.87. The quantitative estimate of drug-likeness (QED) is 0.746. The van der Waals surface area contributed by atoms with E-state index in [-0.39, 0.29) is 5.91 Å². The van der Waals surface area contributed by atoms with Gasteiger partial charge in [0, 0.05) is 36.8 Å². The van der Waals surface area contributed by atoms with Gasteiger partial charge in [-0.2, -0.15) is 0 Å². The van der Waals surface area contributed by atoms with Crippen molar-refractivity contribution in [2.24, 2.45) is 0 Å². The highest BCUT2D eigenvalue weighted by molar-refractivity contribution is 7.10. The molecule has 2 aromatic rings. The van der Waals surface area contributed by atoms with E-state index >= 15 is 0 Å². The van der Waals surface area contributed by atoms with Crippen LogP contribution in [-0.2, 0) is 17.8 Å². The second kappa shape index (κ2) is 8.79. The molecule has 4 nitrogen and oxygen atoms in total. The van der Waals surface area contributed by atoms with Crippen LogP contribution in [0.3, 0.4) is 0 Å². The van der Waals surface area contributed by atoms with E-state index < -0.39 is 0 Å². The van der Waals surface area contributed by atoms with Gasteiger partial charge in [0.1, 0.15) is 0 Å². The minimum atomic E-state index is 0.212. The third-order valence-electron chi connectivity index (χ3n) is 3.82. The van der Waals surface area contributed by atoms with Crippen LogP contribution in [0.4, 0.5) is 0 Å². The van der Waals surface area contributed by atoms with Crippen LogP contribution in [0.5, 0.6) is 0 Å². The molecule has 2 rings (SSSR count). The molecule has 0 saturated heterocycles. The first-order valence-electron chi connectivity index (χ1n) is 7.90. The molecule has 0 unspecified atom stereocenters. The van der Waals surface area contributed by atoms with Gasteiger partial charge in [-0.25, -0.2) is 0 Å². The number of pyridine rings is 1. The fourth-order valence-electron chi connectivity index (χ4n) is 2.31. The van der Waals surface area contributed by atoms with Gasteiger partial charge in [-0.1, -0.05) is 6.07 Å². The van der Waals surface area contributed by atoms with Crippen molar-refractivity contribution in [2.75, 3.05) is 27.2 Å². The predicted molar refractivity (Wildman–Crippen MR) is 95.6 cm³/mol. The monoisotopic (exact) mass is 331 g/mol. The molecule has 0 N–H and O–H groups in total. The zero-order chi connectivity index (χ0) is 16.7. The van der Waals surface area contributed by atoms with E-state index in [4.69, 9.17) is 0 Å². The van der Waals surface area contributed by atoms with Crippen LogP contribution >= 0.6 is 11.3 Å². The van der Waals surface area contributed by atoms with Crippen LogP contribution in [0, 0.1) is 6.92 Å². The van der Waals surface area contributed by atoms with E-state index in [1.807, 2.05) is 37.3 Å². The fraction of sp³-hybridized carbons (Fsp3) is 0.444. The molecule has 0 bridgehead atoms. The van der Waals surface area contributed by atoms with E-state index in [0.717, 1.165) is 25.1 Å². The predicted octanol–water partition coefficient (Wildman–Crippen LogP) is 2.97. The smallest absolute Gasteiger partial charge is 0.223 e. The molecule has 2 aromatic heterocycles. The second-order valence-electron chi connectivity index (χ2n) is 6.01. The number of rotatable bonds is 8. The number of carbonyl (C=O) groups is 1. The van der Waals surface area contributed by atoms with Crippen LogP contribution in [0.1, 0.15) is 22.4 Å². The standard InChI is InChI=1S/C18H25N3OS/c1-15-8-12-23-17(15)14-21(11-10-20(2)3)18(22)7-6-16-5-4-9-19-13-16/h4-5,8-9,12-13H,6-7,10-11,14H2,1-3H3. The Labute approximate surface area is 142 Å². The Balaban J connectivity index is 1.97. The number of aromatic nitrogens is 1. The van der Waals surface area contributed by atoms with E-state index in [9.17, 15) is 4.79 Å². The molecule has 23 heavy (non-hydrogen) atoms. The van der Waals surface area contributed by atoms with Gasteiger partial charge in [0.15, 0.2) is 0 Å². The number of thiophene rings is 1. The normalized spacial score (nSPS) is 11.0. The third-order valence-corrected chi connectivity index (χ3v) is 4.83. The summed E-state index contributed by atoms with van der Waals surface area (Å²) in [5.41, 5.74) is 2.38. The highest BCUT2D eigenvalue weighted by Crippen LogP contribution is 2.18. The first-order valence-corrected chi connectivity index (χ1v) is 8.78. The van der Waals surface area contributed by atoms with Gasteiger partial charge < -0.3 is 9.80 Å². The largest absolute Gasteiger partial charge is 0.336 e. The summed E-state index contributed by atoms with van der Waals surface area (Å²) >= 11 is 1.73. The van der Waals surface area contributed by atoms with Crippen LogP contribution < -0.4 is 0 Å². The van der Waals surface area contributed by atoms with Crippen LogP contribution in [-0.4, -0.2) is 47.9 Å². The first kappa shape index (κ1) is 17.6. The molecular weight excluding hydrogens is 306 g/mol.